The molecule has 0 radical (unpaired) electrons. The van der Waals surface area contributed by atoms with Crippen molar-refractivity contribution in [3.05, 3.63) is 34.9 Å². The molecule has 1 aliphatic rings. The monoisotopic (exact) mass is 283 g/mol. The van der Waals surface area contributed by atoms with E-state index in [1.54, 1.807) is 24.3 Å². The molecule has 19 heavy (non-hydrogen) atoms. The minimum Gasteiger partial charge on any atom is -0.479 e. The second kappa shape index (κ2) is 6.04. The Morgan fingerprint density at radius 3 is 2.68 bits per heavy atom. The summed E-state index contributed by atoms with van der Waals surface area (Å²) in [5.74, 6) is -1.14. The van der Waals surface area contributed by atoms with Crippen molar-refractivity contribution in [1.29, 1.82) is 0 Å². The summed E-state index contributed by atoms with van der Waals surface area (Å²) in [6, 6.07) is 7.03. The summed E-state index contributed by atoms with van der Waals surface area (Å²) in [5, 5.41) is 9.50. The molecule has 1 atom stereocenters. The Morgan fingerprint density at radius 1 is 1.37 bits per heavy atom. The number of benzene rings is 1. The lowest BCUT2D eigenvalue weighted by atomic mass is 10.1. The summed E-state index contributed by atoms with van der Waals surface area (Å²) in [5.41, 5.74) is 0.854. The fourth-order valence-corrected chi connectivity index (χ4v) is 2.04. The van der Waals surface area contributed by atoms with Crippen molar-refractivity contribution >= 4 is 23.5 Å². The van der Waals surface area contributed by atoms with Gasteiger partial charge in [-0.15, -0.1) is 0 Å². The fraction of sp³-hybridized carbons (Fsp3) is 0.385. The quantitative estimate of drug-likeness (QED) is 0.905. The second-order valence-corrected chi connectivity index (χ2v) is 4.78. The standard InChI is InChI=1S/C13H14ClNO4/c14-10-3-1-9(2-4-10)7-12(16)15-5-6-19-11(8-15)13(17)18/h1-4,11H,5-8H2,(H,17,18). The van der Waals surface area contributed by atoms with Crippen molar-refractivity contribution in [3.63, 3.8) is 0 Å². The van der Waals surface area contributed by atoms with Crippen LogP contribution in [-0.2, 0) is 20.7 Å². The Balaban J connectivity index is 1.96. The van der Waals surface area contributed by atoms with Gasteiger partial charge in [0, 0.05) is 11.6 Å². The molecular weight excluding hydrogens is 270 g/mol. The number of aliphatic carboxylic acids is 1. The molecule has 1 aliphatic heterocycles. The summed E-state index contributed by atoms with van der Waals surface area (Å²) in [7, 11) is 0. The van der Waals surface area contributed by atoms with E-state index in [9.17, 15) is 9.59 Å². The van der Waals surface area contributed by atoms with Crippen molar-refractivity contribution in [2.75, 3.05) is 19.7 Å². The van der Waals surface area contributed by atoms with Gasteiger partial charge >= 0.3 is 5.97 Å². The van der Waals surface area contributed by atoms with E-state index in [0.29, 0.717) is 11.6 Å². The van der Waals surface area contributed by atoms with Gasteiger partial charge in [-0.05, 0) is 17.7 Å². The molecule has 1 amide bonds. The van der Waals surface area contributed by atoms with E-state index in [0.717, 1.165) is 5.56 Å². The van der Waals surface area contributed by atoms with Gasteiger partial charge in [0.2, 0.25) is 5.91 Å². The summed E-state index contributed by atoms with van der Waals surface area (Å²) < 4.78 is 5.07. The van der Waals surface area contributed by atoms with Crippen LogP contribution in [0.4, 0.5) is 0 Å². The van der Waals surface area contributed by atoms with E-state index in [1.165, 1.54) is 4.90 Å². The molecule has 6 heteroatoms. The first-order valence-corrected chi connectivity index (χ1v) is 6.30. The zero-order valence-electron chi connectivity index (χ0n) is 10.2. The lowest BCUT2D eigenvalue weighted by Gasteiger charge is -2.31. The van der Waals surface area contributed by atoms with Crippen LogP contribution in [0.25, 0.3) is 0 Å². The van der Waals surface area contributed by atoms with Gasteiger partial charge in [0.05, 0.1) is 19.6 Å². The Kier molecular flexibility index (Phi) is 4.39. The average Bonchev–Trinajstić information content (AvgIpc) is 2.41. The summed E-state index contributed by atoms with van der Waals surface area (Å²) >= 11 is 5.77. The number of carbonyl (C=O) groups is 2. The molecule has 1 N–H and O–H groups in total. The van der Waals surface area contributed by atoms with Gasteiger partial charge in [-0.25, -0.2) is 4.79 Å². The fourth-order valence-electron chi connectivity index (χ4n) is 1.91. The number of hydrogen-bond acceptors (Lipinski definition) is 3. The number of halogens is 1. The van der Waals surface area contributed by atoms with Crippen LogP contribution in [0.1, 0.15) is 5.56 Å². The van der Waals surface area contributed by atoms with Gasteiger partial charge in [-0.1, -0.05) is 23.7 Å². The van der Waals surface area contributed by atoms with Gasteiger partial charge in [0.1, 0.15) is 0 Å². The highest BCUT2D eigenvalue weighted by atomic mass is 35.5. The van der Waals surface area contributed by atoms with Gasteiger partial charge in [0.15, 0.2) is 6.10 Å². The number of carbonyl (C=O) groups excluding carboxylic acids is 1. The number of hydrogen-bond donors (Lipinski definition) is 1. The predicted molar refractivity (Wildman–Crippen MR) is 69.1 cm³/mol. The van der Waals surface area contributed by atoms with Gasteiger partial charge in [0.25, 0.3) is 0 Å². The van der Waals surface area contributed by atoms with Crippen molar-refractivity contribution < 1.29 is 19.4 Å². The zero-order chi connectivity index (χ0) is 13.8. The lowest BCUT2D eigenvalue weighted by Crippen LogP contribution is -2.49. The van der Waals surface area contributed by atoms with Crippen LogP contribution in [0, 0.1) is 0 Å². The van der Waals surface area contributed by atoms with E-state index in [-0.39, 0.29) is 25.5 Å². The predicted octanol–water partition coefficient (Wildman–Crippen LogP) is 1.19. The smallest absolute Gasteiger partial charge is 0.334 e. The van der Waals surface area contributed by atoms with E-state index >= 15 is 0 Å². The highest BCUT2D eigenvalue weighted by Crippen LogP contribution is 2.12. The SMILES string of the molecule is O=C(O)C1CN(C(=O)Cc2ccc(Cl)cc2)CCO1. The van der Waals surface area contributed by atoms with Crippen molar-refractivity contribution in [3.8, 4) is 0 Å². The Morgan fingerprint density at radius 2 is 2.05 bits per heavy atom. The van der Waals surface area contributed by atoms with Crippen molar-refractivity contribution in [1.82, 2.24) is 4.90 Å². The number of amides is 1. The molecule has 5 nitrogen and oxygen atoms in total. The van der Waals surface area contributed by atoms with Crippen LogP contribution in [0.3, 0.4) is 0 Å². The van der Waals surface area contributed by atoms with E-state index in [4.69, 9.17) is 21.4 Å². The average molecular weight is 284 g/mol. The van der Waals surface area contributed by atoms with Gasteiger partial charge in [-0.2, -0.15) is 0 Å². The molecule has 0 spiro atoms. The minimum atomic E-state index is -1.04. The molecule has 1 unspecified atom stereocenters. The molecule has 1 aromatic rings. The normalized spacial score (nSPS) is 19.2. The first kappa shape index (κ1) is 13.8. The van der Waals surface area contributed by atoms with Gasteiger partial charge in [-0.3, -0.25) is 4.79 Å². The molecule has 0 saturated carbocycles. The molecule has 1 aromatic carbocycles. The number of nitrogens with zero attached hydrogens (tertiary/aromatic N) is 1. The van der Waals surface area contributed by atoms with Crippen molar-refractivity contribution in [2.24, 2.45) is 0 Å². The number of rotatable bonds is 3. The third-order valence-corrected chi connectivity index (χ3v) is 3.22. The van der Waals surface area contributed by atoms with Crippen LogP contribution in [-0.4, -0.2) is 47.7 Å². The van der Waals surface area contributed by atoms with Crippen LogP contribution in [0.15, 0.2) is 24.3 Å². The number of morpholine rings is 1. The van der Waals surface area contributed by atoms with Crippen LogP contribution < -0.4 is 0 Å². The van der Waals surface area contributed by atoms with Gasteiger partial charge < -0.3 is 14.7 Å². The molecule has 1 fully saturated rings. The molecule has 1 heterocycles. The number of ether oxygens (including phenoxy) is 1. The maximum atomic E-state index is 12.1. The van der Waals surface area contributed by atoms with E-state index in [2.05, 4.69) is 0 Å². The largest absolute Gasteiger partial charge is 0.479 e. The Bertz CT molecular complexity index is 474. The topological polar surface area (TPSA) is 66.8 Å². The molecule has 1 saturated heterocycles. The maximum absolute atomic E-state index is 12.1. The summed E-state index contributed by atoms with van der Waals surface area (Å²) in [6.45, 7) is 0.779. The maximum Gasteiger partial charge on any atom is 0.334 e. The van der Waals surface area contributed by atoms with Crippen LogP contribution in [0.2, 0.25) is 5.02 Å². The first-order chi connectivity index (χ1) is 9.06. The molecular formula is C13H14ClNO4. The Labute approximate surface area is 115 Å². The Hall–Kier alpha value is -1.59. The molecule has 0 aromatic heterocycles. The molecule has 0 aliphatic carbocycles. The molecule has 102 valence electrons. The van der Waals surface area contributed by atoms with E-state index < -0.39 is 12.1 Å². The molecule has 2 rings (SSSR count). The third kappa shape index (κ3) is 3.68. The van der Waals surface area contributed by atoms with Crippen molar-refractivity contribution in [2.45, 2.75) is 12.5 Å². The summed E-state index contributed by atoms with van der Waals surface area (Å²) in [4.78, 5) is 24.4. The molecule has 0 bridgehead atoms. The number of carboxylic acids is 1. The summed E-state index contributed by atoms with van der Waals surface area (Å²) in [6.07, 6.45) is -0.688. The highest BCUT2D eigenvalue weighted by Gasteiger charge is 2.28. The number of carboxylic acid groups (broad SMARTS) is 1. The first-order valence-electron chi connectivity index (χ1n) is 5.93. The lowest BCUT2D eigenvalue weighted by molar-refractivity contribution is -0.159. The highest BCUT2D eigenvalue weighted by molar-refractivity contribution is 6.30. The van der Waals surface area contributed by atoms with Crippen LogP contribution in [0.5, 0.6) is 0 Å². The third-order valence-electron chi connectivity index (χ3n) is 2.96. The van der Waals surface area contributed by atoms with E-state index in [1.807, 2.05) is 0 Å². The zero-order valence-corrected chi connectivity index (χ0v) is 11.0. The second-order valence-electron chi connectivity index (χ2n) is 4.34. The minimum absolute atomic E-state index is 0.0990. The van der Waals surface area contributed by atoms with Crippen LogP contribution >= 0.6 is 11.6 Å².